The maximum Gasteiger partial charge on any atom is 0.236 e. The molecule has 0 aliphatic carbocycles. The number of anilines is 2. The summed E-state index contributed by atoms with van der Waals surface area (Å²) in [6.45, 7) is 3.86. The summed E-state index contributed by atoms with van der Waals surface area (Å²) in [7, 11) is 0. The minimum atomic E-state index is -0.318. The van der Waals surface area contributed by atoms with Crippen LogP contribution in [0.2, 0.25) is 5.02 Å². The summed E-state index contributed by atoms with van der Waals surface area (Å²) in [4.78, 5) is 26.6. The van der Waals surface area contributed by atoms with Crippen molar-refractivity contribution in [3.05, 3.63) is 58.6 Å². The van der Waals surface area contributed by atoms with E-state index in [1.54, 1.807) is 23.1 Å². The van der Waals surface area contributed by atoms with E-state index >= 15 is 0 Å². The van der Waals surface area contributed by atoms with Gasteiger partial charge >= 0.3 is 0 Å². The molecule has 1 unspecified atom stereocenters. The Bertz CT molecular complexity index is 804. The lowest BCUT2D eigenvalue weighted by Crippen LogP contribution is -2.37. The van der Waals surface area contributed by atoms with E-state index in [9.17, 15) is 9.59 Å². The van der Waals surface area contributed by atoms with Crippen molar-refractivity contribution in [2.75, 3.05) is 10.2 Å². The van der Waals surface area contributed by atoms with Gasteiger partial charge in [-0.2, -0.15) is 0 Å². The molecular formula is C19H19ClN2O2. The Hall–Kier alpha value is -2.33. The lowest BCUT2D eigenvalue weighted by molar-refractivity contribution is -0.125. The number of hydrogen-bond acceptors (Lipinski definition) is 2. The van der Waals surface area contributed by atoms with E-state index in [0.29, 0.717) is 10.7 Å². The Morgan fingerprint density at radius 1 is 1.25 bits per heavy atom. The number of aryl methyl sites for hydroxylation is 1. The summed E-state index contributed by atoms with van der Waals surface area (Å²) in [5.41, 5.74) is 3.59. The quantitative estimate of drug-likeness (QED) is 0.858. The number of fused-ring (bicyclic) bond motifs is 1. The third kappa shape index (κ3) is 3.29. The fourth-order valence-corrected chi connectivity index (χ4v) is 3.36. The van der Waals surface area contributed by atoms with E-state index in [-0.39, 0.29) is 24.3 Å². The van der Waals surface area contributed by atoms with E-state index in [0.717, 1.165) is 23.2 Å². The second kappa shape index (κ2) is 6.65. The first kappa shape index (κ1) is 16.5. The van der Waals surface area contributed by atoms with Gasteiger partial charge in [0.1, 0.15) is 6.42 Å². The van der Waals surface area contributed by atoms with Crippen LogP contribution in [0.3, 0.4) is 0 Å². The molecule has 0 fully saturated rings. The monoisotopic (exact) mass is 342 g/mol. The molecule has 2 amide bonds. The molecule has 3 rings (SSSR count). The average molecular weight is 343 g/mol. The lowest BCUT2D eigenvalue weighted by Gasteiger charge is -2.22. The molecule has 5 heteroatoms. The molecule has 1 N–H and O–H groups in total. The number of nitrogens with one attached hydrogen (secondary N) is 1. The van der Waals surface area contributed by atoms with Gasteiger partial charge in [-0.15, -0.1) is 0 Å². The summed E-state index contributed by atoms with van der Waals surface area (Å²) >= 11 is 5.91. The van der Waals surface area contributed by atoms with Crippen LogP contribution in [-0.2, 0) is 16.0 Å². The zero-order valence-corrected chi connectivity index (χ0v) is 14.4. The zero-order chi connectivity index (χ0) is 17.3. The molecule has 2 aromatic rings. The smallest absolute Gasteiger partial charge is 0.236 e. The number of para-hydroxylation sites is 1. The maximum absolute atomic E-state index is 12.6. The molecular weight excluding hydrogens is 324 g/mol. The number of amides is 2. The first-order chi connectivity index (χ1) is 11.5. The van der Waals surface area contributed by atoms with Crippen LogP contribution in [0, 0.1) is 6.92 Å². The molecule has 0 radical (unpaired) electrons. The van der Waals surface area contributed by atoms with E-state index in [4.69, 9.17) is 11.6 Å². The van der Waals surface area contributed by atoms with Crippen LogP contribution >= 0.6 is 11.6 Å². The number of halogens is 1. The SMILES string of the molecule is Cc1cc(Cl)ccc1NC(=O)CC(=O)N1c2ccccc2CC1C. The molecule has 0 bridgehead atoms. The third-order valence-corrected chi connectivity index (χ3v) is 4.49. The van der Waals surface area contributed by atoms with Crippen molar-refractivity contribution in [2.45, 2.75) is 32.7 Å². The van der Waals surface area contributed by atoms with Crippen molar-refractivity contribution in [1.29, 1.82) is 0 Å². The Morgan fingerprint density at radius 3 is 2.75 bits per heavy atom. The van der Waals surface area contributed by atoms with Crippen LogP contribution in [0.4, 0.5) is 11.4 Å². The van der Waals surface area contributed by atoms with Gasteiger partial charge in [-0.25, -0.2) is 0 Å². The van der Waals surface area contributed by atoms with Gasteiger partial charge in [-0.3, -0.25) is 9.59 Å². The fourth-order valence-electron chi connectivity index (χ4n) is 3.13. The largest absolute Gasteiger partial charge is 0.325 e. The first-order valence-electron chi connectivity index (χ1n) is 7.91. The number of hydrogen-bond donors (Lipinski definition) is 1. The van der Waals surface area contributed by atoms with Gasteiger partial charge in [-0.1, -0.05) is 29.8 Å². The topological polar surface area (TPSA) is 49.4 Å². The van der Waals surface area contributed by atoms with Crippen LogP contribution in [0.5, 0.6) is 0 Å². The number of nitrogens with zero attached hydrogens (tertiary/aromatic N) is 1. The van der Waals surface area contributed by atoms with Crippen molar-refractivity contribution in [3.63, 3.8) is 0 Å². The summed E-state index contributed by atoms with van der Waals surface area (Å²) in [5, 5.41) is 3.40. The van der Waals surface area contributed by atoms with E-state index in [1.165, 1.54) is 0 Å². The van der Waals surface area contributed by atoms with Crippen molar-refractivity contribution in [3.8, 4) is 0 Å². The molecule has 24 heavy (non-hydrogen) atoms. The van der Waals surface area contributed by atoms with Crippen LogP contribution in [0.1, 0.15) is 24.5 Å². The predicted molar refractivity (Wildman–Crippen MR) is 96.5 cm³/mol. The Labute approximate surface area is 146 Å². The van der Waals surface area contributed by atoms with Gasteiger partial charge in [0.25, 0.3) is 0 Å². The zero-order valence-electron chi connectivity index (χ0n) is 13.7. The minimum Gasteiger partial charge on any atom is -0.325 e. The highest BCUT2D eigenvalue weighted by atomic mass is 35.5. The summed E-state index contributed by atoms with van der Waals surface area (Å²) < 4.78 is 0. The molecule has 2 aromatic carbocycles. The number of carbonyl (C=O) groups excluding carboxylic acids is 2. The van der Waals surface area contributed by atoms with E-state index < -0.39 is 0 Å². The highest BCUT2D eigenvalue weighted by molar-refractivity contribution is 6.30. The van der Waals surface area contributed by atoms with Crippen molar-refractivity contribution < 1.29 is 9.59 Å². The predicted octanol–water partition coefficient (Wildman–Crippen LogP) is 3.95. The van der Waals surface area contributed by atoms with Crippen molar-refractivity contribution in [1.82, 2.24) is 0 Å². The molecule has 1 aliphatic heterocycles. The second-order valence-electron chi connectivity index (χ2n) is 6.13. The average Bonchev–Trinajstić information content (AvgIpc) is 2.85. The van der Waals surface area contributed by atoms with Crippen molar-refractivity contribution >= 4 is 34.8 Å². The first-order valence-corrected chi connectivity index (χ1v) is 8.29. The lowest BCUT2D eigenvalue weighted by atomic mass is 10.1. The highest BCUT2D eigenvalue weighted by Gasteiger charge is 2.31. The van der Waals surface area contributed by atoms with E-state index in [2.05, 4.69) is 5.32 Å². The molecule has 1 atom stereocenters. The van der Waals surface area contributed by atoms with Gasteiger partial charge in [0.05, 0.1) is 0 Å². The molecule has 0 saturated carbocycles. The molecule has 124 valence electrons. The maximum atomic E-state index is 12.6. The standard InChI is InChI=1S/C19H19ClN2O2/c1-12-9-15(20)7-8-16(12)21-18(23)11-19(24)22-13(2)10-14-5-3-4-6-17(14)22/h3-9,13H,10-11H2,1-2H3,(H,21,23). The van der Waals surface area contributed by atoms with Crippen LogP contribution < -0.4 is 10.2 Å². The van der Waals surface area contributed by atoms with Gasteiger partial charge < -0.3 is 10.2 Å². The summed E-state index contributed by atoms with van der Waals surface area (Å²) in [5.74, 6) is -0.501. The van der Waals surface area contributed by atoms with Gasteiger partial charge in [0, 0.05) is 22.4 Å². The minimum absolute atomic E-state index is 0.0694. The van der Waals surface area contributed by atoms with Crippen LogP contribution in [-0.4, -0.2) is 17.9 Å². The molecule has 0 saturated heterocycles. The molecule has 1 aliphatic rings. The highest BCUT2D eigenvalue weighted by Crippen LogP contribution is 2.32. The van der Waals surface area contributed by atoms with Crippen LogP contribution in [0.15, 0.2) is 42.5 Å². The van der Waals surface area contributed by atoms with E-state index in [1.807, 2.05) is 38.1 Å². The van der Waals surface area contributed by atoms with Gasteiger partial charge in [0.15, 0.2) is 0 Å². The normalized spacial score (nSPS) is 16.0. The van der Waals surface area contributed by atoms with Gasteiger partial charge in [-0.05, 0) is 55.7 Å². The Kier molecular flexibility index (Phi) is 4.58. The second-order valence-corrected chi connectivity index (χ2v) is 6.57. The van der Waals surface area contributed by atoms with Gasteiger partial charge in [0.2, 0.25) is 11.8 Å². The fraction of sp³-hybridized carbons (Fsp3) is 0.263. The Morgan fingerprint density at radius 2 is 2.00 bits per heavy atom. The summed E-state index contributed by atoms with van der Waals surface area (Å²) in [6, 6.07) is 13.1. The Balaban J connectivity index is 1.70. The molecule has 0 aromatic heterocycles. The molecule has 4 nitrogen and oxygen atoms in total. The number of rotatable bonds is 3. The molecule has 0 spiro atoms. The number of benzene rings is 2. The summed E-state index contributed by atoms with van der Waals surface area (Å²) in [6.07, 6.45) is 0.639. The molecule has 1 heterocycles. The van der Waals surface area contributed by atoms with Crippen LogP contribution in [0.25, 0.3) is 0 Å². The van der Waals surface area contributed by atoms with Crippen molar-refractivity contribution in [2.24, 2.45) is 0 Å². The third-order valence-electron chi connectivity index (χ3n) is 4.25. The number of carbonyl (C=O) groups is 2.